The Kier molecular flexibility index (Phi) is 7.63. The Hall–Kier alpha value is -4.20. The molecule has 1 atom stereocenters. The van der Waals surface area contributed by atoms with Crippen molar-refractivity contribution in [2.75, 3.05) is 20.3 Å². The Bertz CT molecular complexity index is 1330. The van der Waals surface area contributed by atoms with Crippen molar-refractivity contribution in [1.29, 1.82) is 0 Å². The molecule has 0 radical (unpaired) electrons. The number of pyridine rings is 1. The lowest BCUT2D eigenvalue weighted by Gasteiger charge is -2.26. The zero-order chi connectivity index (χ0) is 25.7. The van der Waals surface area contributed by atoms with Gasteiger partial charge in [-0.05, 0) is 66.7 Å². The van der Waals surface area contributed by atoms with E-state index in [4.69, 9.17) is 14.5 Å². The first-order valence-electron chi connectivity index (χ1n) is 11.8. The minimum atomic E-state index is -0.882. The zero-order valence-corrected chi connectivity index (χ0v) is 20.5. The molecule has 1 heterocycles. The largest absolute Gasteiger partial charge is 0.497 e. The number of nitrogens with zero attached hydrogens (tertiary/aromatic N) is 1. The van der Waals surface area contributed by atoms with E-state index in [0.717, 1.165) is 34.6 Å². The summed E-state index contributed by atoms with van der Waals surface area (Å²) in [6.45, 7) is 3.27. The van der Waals surface area contributed by atoms with Gasteiger partial charge in [0.1, 0.15) is 5.75 Å². The van der Waals surface area contributed by atoms with Crippen molar-refractivity contribution in [3.05, 3.63) is 70.9 Å². The van der Waals surface area contributed by atoms with Gasteiger partial charge in [0.2, 0.25) is 0 Å². The molecule has 0 spiro atoms. The number of para-hydroxylation sites is 1. The van der Waals surface area contributed by atoms with Gasteiger partial charge >= 0.3 is 12.1 Å². The van der Waals surface area contributed by atoms with Crippen molar-refractivity contribution in [2.24, 2.45) is 5.92 Å². The summed E-state index contributed by atoms with van der Waals surface area (Å²) in [5.74, 6) is -0.358. The molecule has 0 saturated heterocycles. The number of carbonyl (C=O) groups is 3. The number of imide groups is 1. The maximum absolute atomic E-state index is 13.3. The standard InChI is InChI=1S/C28H28N2O6/c1-4-35-28(33)30-24(31)16-36-27(32)25-21-7-5-6-8-23(21)29-26-19(13-17(2)14-22(25)26)15-18-9-11-20(34-3)12-10-18/h5-12,15,17H,4,13-14,16H2,1-3H3,(H,30,31,33)/b19-15+. The number of ether oxygens (including phenoxy) is 3. The van der Waals surface area contributed by atoms with E-state index in [1.165, 1.54) is 0 Å². The second-order valence-electron chi connectivity index (χ2n) is 8.63. The quantitative estimate of drug-likeness (QED) is 0.497. The number of aromatic nitrogens is 1. The molecular formula is C28H28N2O6. The molecular weight excluding hydrogens is 460 g/mol. The molecule has 4 rings (SSSR count). The zero-order valence-electron chi connectivity index (χ0n) is 20.5. The van der Waals surface area contributed by atoms with Crippen LogP contribution in [0.2, 0.25) is 0 Å². The molecule has 0 saturated carbocycles. The number of fused-ring (bicyclic) bond motifs is 2. The summed E-state index contributed by atoms with van der Waals surface area (Å²) in [5.41, 5.74) is 4.63. The summed E-state index contributed by atoms with van der Waals surface area (Å²) in [7, 11) is 1.63. The fraction of sp³-hybridized carbons (Fsp3) is 0.286. The number of carbonyl (C=O) groups excluding carboxylic acids is 3. The predicted molar refractivity (Wildman–Crippen MR) is 136 cm³/mol. The lowest BCUT2D eigenvalue weighted by Crippen LogP contribution is -2.34. The molecule has 2 amide bonds. The van der Waals surface area contributed by atoms with Crippen LogP contribution in [0.3, 0.4) is 0 Å². The molecule has 1 N–H and O–H groups in total. The maximum atomic E-state index is 13.3. The second kappa shape index (κ2) is 11.0. The average molecular weight is 489 g/mol. The van der Waals surface area contributed by atoms with Gasteiger partial charge in [-0.1, -0.05) is 37.3 Å². The summed E-state index contributed by atoms with van der Waals surface area (Å²) >= 11 is 0. The van der Waals surface area contributed by atoms with E-state index in [1.807, 2.05) is 53.8 Å². The molecule has 1 aliphatic rings. The number of methoxy groups -OCH3 is 1. The molecule has 0 fully saturated rings. The van der Waals surface area contributed by atoms with Gasteiger partial charge in [0.05, 0.1) is 30.5 Å². The Morgan fingerprint density at radius 1 is 1.06 bits per heavy atom. The minimum absolute atomic E-state index is 0.124. The van der Waals surface area contributed by atoms with Crippen LogP contribution in [-0.2, 0) is 20.7 Å². The normalized spacial score (nSPS) is 15.8. The first kappa shape index (κ1) is 24.9. The third-order valence-electron chi connectivity index (χ3n) is 5.93. The molecule has 8 heteroatoms. The van der Waals surface area contributed by atoms with Gasteiger partial charge < -0.3 is 14.2 Å². The fourth-order valence-electron chi connectivity index (χ4n) is 4.39. The van der Waals surface area contributed by atoms with Gasteiger partial charge in [-0.2, -0.15) is 0 Å². The van der Waals surface area contributed by atoms with Crippen LogP contribution in [0, 0.1) is 5.92 Å². The topological polar surface area (TPSA) is 104 Å². The second-order valence-corrected chi connectivity index (χ2v) is 8.63. The third-order valence-corrected chi connectivity index (χ3v) is 5.93. The Labute approximate surface area is 209 Å². The first-order valence-corrected chi connectivity index (χ1v) is 11.8. The highest BCUT2D eigenvalue weighted by Crippen LogP contribution is 2.38. The van der Waals surface area contributed by atoms with Gasteiger partial charge in [-0.15, -0.1) is 0 Å². The highest BCUT2D eigenvalue weighted by molar-refractivity contribution is 6.07. The number of benzene rings is 2. The number of nitrogens with one attached hydrogen (secondary N) is 1. The van der Waals surface area contributed by atoms with Crippen LogP contribution in [0.1, 0.15) is 47.4 Å². The third kappa shape index (κ3) is 5.54. The van der Waals surface area contributed by atoms with Gasteiger partial charge in [-0.3, -0.25) is 10.1 Å². The minimum Gasteiger partial charge on any atom is -0.497 e. The number of hydrogen-bond acceptors (Lipinski definition) is 7. The smallest absolute Gasteiger partial charge is 0.413 e. The average Bonchev–Trinajstić information content (AvgIpc) is 2.86. The van der Waals surface area contributed by atoms with Crippen LogP contribution in [0.25, 0.3) is 22.6 Å². The summed E-state index contributed by atoms with van der Waals surface area (Å²) in [4.78, 5) is 41.8. The number of hydrogen-bond donors (Lipinski definition) is 1. The Balaban J connectivity index is 1.71. The van der Waals surface area contributed by atoms with Crippen molar-refractivity contribution < 1.29 is 28.6 Å². The van der Waals surface area contributed by atoms with E-state index < -0.39 is 24.6 Å². The van der Waals surface area contributed by atoms with E-state index in [-0.39, 0.29) is 12.5 Å². The van der Waals surface area contributed by atoms with Gasteiger partial charge in [0.25, 0.3) is 5.91 Å². The van der Waals surface area contributed by atoms with E-state index in [2.05, 4.69) is 17.7 Å². The van der Waals surface area contributed by atoms with Gasteiger partial charge in [-0.25, -0.2) is 14.6 Å². The van der Waals surface area contributed by atoms with Crippen LogP contribution in [0.15, 0.2) is 48.5 Å². The molecule has 3 aromatic rings. The van der Waals surface area contributed by atoms with E-state index >= 15 is 0 Å². The maximum Gasteiger partial charge on any atom is 0.413 e. The molecule has 0 aliphatic heterocycles. The SMILES string of the molecule is CCOC(=O)NC(=O)COC(=O)c1c2c(nc3ccccc13)/C(=C/c1ccc(OC)cc1)CC(C)C2. The number of allylic oxidation sites excluding steroid dienone is 1. The highest BCUT2D eigenvalue weighted by atomic mass is 16.6. The lowest BCUT2D eigenvalue weighted by molar-refractivity contribution is -0.123. The lowest BCUT2D eigenvalue weighted by atomic mass is 9.80. The summed E-state index contributed by atoms with van der Waals surface area (Å²) < 4.78 is 15.3. The van der Waals surface area contributed by atoms with Crippen LogP contribution >= 0.6 is 0 Å². The number of rotatable bonds is 6. The molecule has 1 aliphatic carbocycles. The predicted octanol–water partition coefficient (Wildman–Crippen LogP) is 4.80. The molecule has 2 aromatic carbocycles. The van der Waals surface area contributed by atoms with Crippen molar-refractivity contribution >= 4 is 40.5 Å². The van der Waals surface area contributed by atoms with Gasteiger partial charge in [0.15, 0.2) is 6.61 Å². The number of amides is 2. The van der Waals surface area contributed by atoms with Crippen molar-refractivity contribution in [3.8, 4) is 5.75 Å². The van der Waals surface area contributed by atoms with E-state index in [1.54, 1.807) is 14.0 Å². The summed E-state index contributed by atoms with van der Waals surface area (Å²) in [5, 5.41) is 2.69. The summed E-state index contributed by atoms with van der Waals surface area (Å²) in [6.07, 6.45) is 2.65. The molecule has 1 unspecified atom stereocenters. The van der Waals surface area contributed by atoms with E-state index in [9.17, 15) is 14.4 Å². The molecule has 8 nitrogen and oxygen atoms in total. The fourth-order valence-corrected chi connectivity index (χ4v) is 4.39. The molecule has 186 valence electrons. The first-order chi connectivity index (χ1) is 17.4. The van der Waals surface area contributed by atoms with E-state index in [0.29, 0.717) is 22.9 Å². The van der Waals surface area contributed by atoms with Crippen LogP contribution < -0.4 is 10.1 Å². The Morgan fingerprint density at radius 2 is 1.81 bits per heavy atom. The van der Waals surface area contributed by atoms with Crippen molar-refractivity contribution in [3.63, 3.8) is 0 Å². The van der Waals surface area contributed by atoms with Gasteiger partial charge in [0, 0.05) is 5.39 Å². The molecule has 36 heavy (non-hydrogen) atoms. The molecule has 1 aromatic heterocycles. The van der Waals surface area contributed by atoms with Crippen molar-refractivity contribution in [1.82, 2.24) is 10.3 Å². The number of alkyl carbamates (subject to hydrolysis) is 1. The Morgan fingerprint density at radius 3 is 2.53 bits per heavy atom. The molecule has 0 bridgehead atoms. The van der Waals surface area contributed by atoms with Crippen molar-refractivity contribution in [2.45, 2.75) is 26.7 Å². The number of esters is 1. The summed E-state index contributed by atoms with van der Waals surface area (Å²) in [6, 6.07) is 15.1. The highest BCUT2D eigenvalue weighted by Gasteiger charge is 2.29. The van der Waals surface area contributed by atoms with Crippen LogP contribution in [0.5, 0.6) is 5.75 Å². The van der Waals surface area contributed by atoms with Crippen LogP contribution in [0.4, 0.5) is 4.79 Å². The van der Waals surface area contributed by atoms with Crippen LogP contribution in [-0.4, -0.2) is 43.3 Å². The monoisotopic (exact) mass is 488 g/mol.